The van der Waals surface area contributed by atoms with E-state index in [4.69, 9.17) is 5.73 Å². The first kappa shape index (κ1) is 15.9. The summed E-state index contributed by atoms with van der Waals surface area (Å²) >= 11 is 0. The number of hydrogen-bond donors (Lipinski definition) is 1. The normalized spacial score (nSPS) is 14.1. The van der Waals surface area contributed by atoms with Crippen LogP contribution in [0.4, 0.5) is 13.2 Å². The zero-order chi connectivity index (χ0) is 14.6. The molecule has 0 aliphatic carbocycles. The Morgan fingerprint density at radius 1 is 1.21 bits per heavy atom. The van der Waals surface area contributed by atoms with Crippen LogP contribution in [-0.2, 0) is 12.8 Å². The monoisotopic (exact) mass is 278 g/mol. The smallest absolute Gasteiger partial charge is 0.330 e. The fourth-order valence-electron chi connectivity index (χ4n) is 1.81. The first-order chi connectivity index (χ1) is 8.77. The first-order valence-electron chi connectivity index (χ1n) is 6.47. The molecule has 2 N–H and O–H groups in total. The van der Waals surface area contributed by atoms with Crippen LogP contribution >= 0.6 is 0 Å². The summed E-state index contributed by atoms with van der Waals surface area (Å²) in [4.78, 5) is 0. The molecular weight excluding hydrogens is 257 g/mol. The van der Waals surface area contributed by atoms with Crippen molar-refractivity contribution >= 4 is 0 Å². The Kier molecular flexibility index (Phi) is 5.34. The topological polar surface area (TPSA) is 56.7 Å². The van der Waals surface area contributed by atoms with E-state index < -0.39 is 12.2 Å². The van der Waals surface area contributed by atoms with Crippen LogP contribution in [0.3, 0.4) is 0 Å². The van der Waals surface area contributed by atoms with Gasteiger partial charge in [0.1, 0.15) is 6.04 Å². The van der Waals surface area contributed by atoms with E-state index in [2.05, 4.69) is 10.3 Å². The summed E-state index contributed by atoms with van der Waals surface area (Å²) in [5.74, 6) is 0.412. The van der Waals surface area contributed by atoms with E-state index in [0.717, 1.165) is 18.0 Å². The molecule has 1 aromatic rings. The number of rotatable bonds is 6. The highest BCUT2D eigenvalue weighted by Crippen LogP contribution is 2.31. The van der Waals surface area contributed by atoms with Crippen LogP contribution in [0, 0.1) is 5.92 Å². The minimum Gasteiger partial charge on any atom is -0.330 e. The molecule has 0 aliphatic rings. The second-order valence-corrected chi connectivity index (χ2v) is 5.12. The molecule has 7 heteroatoms. The minimum absolute atomic E-state index is 0.355. The molecule has 4 nitrogen and oxygen atoms in total. The van der Waals surface area contributed by atoms with E-state index in [1.54, 1.807) is 0 Å². The second-order valence-electron chi connectivity index (χ2n) is 5.12. The molecule has 0 aromatic carbocycles. The number of nitrogens with zero attached hydrogens (tertiary/aromatic N) is 3. The third-order valence-corrected chi connectivity index (χ3v) is 3.05. The largest absolute Gasteiger partial charge is 0.410 e. The zero-order valence-corrected chi connectivity index (χ0v) is 11.5. The number of nitrogens with two attached hydrogens (primary N) is 1. The van der Waals surface area contributed by atoms with Crippen LogP contribution in [0.25, 0.3) is 0 Å². The number of aromatic nitrogens is 3. The van der Waals surface area contributed by atoms with Gasteiger partial charge < -0.3 is 5.73 Å². The fourth-order valence-corrected chi connectivity index (χ4v) is 1.81. The average molecular weight is 278 g/mol. The third-order valence-electron chi connectivity index (χ3n) is 3.05. The molecule has 0 saturated carbocycles. The maximum atomic E-state index is 12.8. The quantitative estimate of drug-likeness (QED) is 0.869. The van der Waals surface area contributed by atoms with Gasteiger partial charge in [-0.3, -0.25) is 0 Å². The van der Waals surface area contributed by atoms with Crippen LogP contribution in [0.5, 0.6) is 0 Å². The molecule has 1 aromatic heterocycles. The van der Waals surface area contributed by atoms with E-state index in [9.17, 15) is 13.2 Å². The van der Waals surface area contributed by atoms with Crippen LogP contribution in [0.2, 0.25) is 0 Å². The maximum absolute atomic E-state index is 12.8. The molecule has 0 bridgehead atoms. The van der Waals surface area contributed by atoms with Crippen molar-refractivity contribution in [2.45, 2.75) is 52.3 Å². The van der Waals surface area contributed by atoms with Crippen molar-refractivity contribution in [3.05, 3.63) is 11.4 Å². The Morgan fingerprint density at radius 3 is 2.32 bits per heavy atom. The van der Waals surface area contributed by atoms with Crippen LogP contribution in [-0.4, -0.2) is 27.7 Å². The average Bonchev–Trinajstić information content (AvgIpc) is 2.67. The zero-order valence-electron chi connectivity index (χ0n) is 11.5. The Balaban J connectivity index is 3.03. The first-order valence-corrected chi connectivity index (χ1v) is 6.47. The maximum Gasteiger partial charge on any atom is 0.410 e. The second kappa shape index (κ2) is 6.36. The highest BCUT2D eigenvalue weighted by atomic mass is 19.4. The molecule has 0 aliphatic heterocycles. The highest BCUT2D eigenvalue weighted by Gasteiger charge is 2.39. The SMILES string of the molecule is CC(C)CCc1c(CCN)nnn1C(C)C(F)(F)F. The van der Waals surface area contributed by atoms with Gasteiger partial charge in [0.25, 0.3) is 0 Å². The lowest BCUT2D eigenvalue weighted by atomic mass is 10.0. The summed E-state index contributed by atoms with van der Waals surface area (Å²) in [7, 11) is 0. The molecule has 0 radical (unpaired) electrons. The Morgan fingerprint density at radius 2 is 1.84 bits per heavy atom. The van der Waals surface area contributed by atoms with Gasteiger partial charge in [-0.15, -0.1) is 5.10 Å². The fraction of sp³-hybridized carbons (Fsp3) is 0.833. The van der Waals surface area contributed by atoms with Gasteiger partial charge in [0, 0.05) is 6.42 Å². The minimum atomic E-state index is -4.32. The van der Waals surface area contributed by atoms with Gasteiger partial charge in [0.05, 0.1) is 11.4 Å². The Hall–Kier alpha value is -1.11. The Bertz CT molecular complexity index is 398. The lowest BCUT2D eigenvalue weighted by Gasteiger charge is -2.18. The summed E-state index contributed by atoms with van der Waals surface area (Å²) in [6, 6.07) is -1.66. The van der Waals surface area contributed by atoms with Crippen molar-refractivity contribution in [1.29, 1.82) is 0 Å². The van der Waals surface area contributed by atoms with Gasteiger partial charge >= 0.3 is 6.18 Å². The third kappa shape index (κ3) is 4.19. The van der Waals surface area contributed by atoms with Gasteiger partial charge in [-0.2, -0.15) is 13.2 Å². The predicted molar refractivity (Wildman–Crippen MR) is 66.7 cm³/mol. The molecule has 1 rings (SSSR count). The van der Waals surface area contributed by atoms with E-state index in [1.807, 2.05) is 13.8 Å². The molecule has 0 amide bonds. The lowest BCUT2D eigenvalue weighted by molar-refractivity contribution is -0.166. The van der Waals surface area contributed by atoms with Crippen molar-refractivity contribution in [3.63, 3.8) is 0 Å². The number of hydrogen-bond acceptors (Lipinski definition) is 3. The van der Waals surface area contributed by atoms with Crippen LogP contribution in [0.15, 0.2) is 0 Å². The predicted octanol–water partition coefficient (Wildman–Crippen LogP) is 2.49. The van der Waals surface area contributed by atoms with Crippen molar-refractivity contribution in [2.75, 3.05) is 6.54 Å². The molecule has 110 valence electrons. The van der Waals surface area contributed by atoms with Crippen molar-refractivity contribution < 1.29 is 13.2 Å². The van der Waals surface area contributed by atoms with Gasteiger partial charge in [-0.05, 0) is 32.2 Å². The Labute approximate surface area is 111 Å². The van der Waals surface area contributed by atoms with Crippen molar-refractivity contribution in [2.24, 2.45) is 11.7 Å². The summed E-state index contributed by atoms with van der Waals surface area (Å²) in [5, 5.41) is 7.52. The molecule has 1 heterocycles. The molecule has 19 heavy (non-hydrogen) atoms. The van der Waals surface area contributed by atoms with Crippen molar-refractivity contribution in [3.8, 4) is 0 Å². The van der Waals surface area contributed by atoms with E-state index in [0.29, 0.717) is 36.7 Å². The lowest BCUT2D eigenvalue weighted by Crippen LogP contribution is -2.26. The van der Waals surface area contributed by atoms with Gasteiger partial charge in [-0.25, -0.2) is 4.68 Å². The molecule has 0 spiro atoms. The summed E-state index contributed by atoms with van der Waals surface area (Å²) in [5.41, 5.74) is 6.60. The van der Waals surface area contributed by atoms with Gasteiger partial charge in [0.15, 0.2) is 0 Å². The molecule has 1 unspecified atom stereocenters. The van der Waals surface area contributed by atoms with E-state index in [1.165, 1.54) is 0 Å². The van der Waals surface area contributed by atoms with Crippen molar-refractivity contribution in [1.82, 2.24) is 15.0 Å². The number of alkyl halides is 3. The number of halogens is 3. The summed E-state index contributed by atoms with van der Waals surface area (Å²) in [6.45, 7) is 5.52. The highest BCUT2D eigenvalue weighted by molar-refractivity contribution is 5.12. The molecular formula is C12H21F3N4. The van der Waals surface area contributed by atoms with E-state index >= 15 is 0 Å². The van der Waals surface area contributed by atoms with E-state index in [-0.39, 0.29) is 0 Å². The standard InChI is InChI=1S/C12H21F3N4/c1-8(2)4-5-11-10(6-7-16)17-18-19(11)9(3)12(13,14)15/h8-9H,4-7,16H2,1-3H3. The molecule has 0 fully saturated rings. The van der Waals surface area contributed by atoms with Crippen LogP contribution < -0.4 is 5.73 Å². The van der Waals surface area contributed by atoms with Gasteiger partial charge in [-0.1, -0.05) is 19.1 Å². The molecule has 1 atom stereocenters. The summed E-state index contributed by atoms with van der Waals surface area (Å²) in [6.07, 6.45) is -2.52. The van der Waals surface area contributed by atoms with Crippen LogP contribution in [0.1, 0.15) is 44.6 Å². The molecule has 0 saturated heterocycles. The summed E-state index contributed by atoms with van der Waals surface area (Å²) < 4.78 is 39.4. The van der Waals surface area contributed by atoms with Gasteiger partial charge in [0.2, 0.25) is 0 Å².